The van der Waals surface area contributed by atoms with Crippen molar-refractivity contribution in [2.45, 2.75) is 9.24 Å². The normalized spacial score (nSPS) is 13.5. The van der Waals surface area contributed by atoms with Crippen molar-refractivity contribution in [3.05, 3.63) is 33.9 Å². The zero-order valence-corrected chi connectivity index (χ0v) is 14.1. The lowest BCUT2D eigenvalue weighted by Gasteiger charge is -2.05. The second-order valence-corrected chi connectivity index (χ2v) is 8.52. The number of halogens is 5. The van der Waals surface area contributed by atoms with Crippen molar-refractivity contribution in [3.63, 3.8) is 0 Å². The van der Waals surface area contributed by atoms with E-state index in [4.69, 9.17) is 5.14 Å². The molecule has 2 aromatic rings. The van der Waals surface area contributed by atoms with E-state index in [9.17, 15) is 38.8 Å². The molecule has 0 radical (unpaired) electrons. The quantitative estimate of drug-likeness (QED) is 0.426. The van der Waals surface area contributed by atoms with Crippen molar-refractivity contribution in [1.82, 2.24) is 9.78 Å². The first kappa shape index (κ1) is 19.4. The highest BCUT2D eigenvalue weighted by molar-refractivity contribution is 7.91. The second kappa shape index (κ2) is 6.11. The first-order valence-corrected chi connectivity index (χ1v) is 9.47. The zero-order valence-electron chi connectivity index (χ0n) is 11.7. The Morgan fingerprint density at radius 2 is 1.40 bits per heavy atom. The predicted molar refractivity (Wildman–Crippen MR) is 71.4 cm³/mol. The molecule has 0 aliphatic rings. The summed E-state index contributed by atoms with van der Waals surface area (Å²) in [6.07, 6.45) is 0. The molecule has 2 rings (SSSR count). The Hall–Kier alpha value is -1.91. The van der Waals surface area contributed by atoms with Crippen LogP contribution < -0.4 is 9.94 Å². The van der Waals surface area contributed by atoms with E-state index in [2.05, 4.69) is 9.50 Å². The molecule has 16 heteroatoms. The Morgan fingerprint density at radius 3 is 1.80 bits per heavy atom. The fourth-order valence-corrected chi connectivity index (χ4v) is 4.39. The average molecular weight is 424 g/mol. The number of primary sulfonamides is 1. The third-order valence-electron chi connectivity index (χ3n) is 2.56. The number of hydrogen-bond acceptors (Lipinski definition) is 6. The van der Waals surface area contributed by atoms with E-state index in [-0.39, 0.29) is 11.3 Å². The molecule has 0 saturated heterocycles. The molecule has 0 amide bonds. The van der Waals surface area contributed by atoms with Crippen LogP contribution in [0.25, 0.3) is 0 Å². The van der Waals surface area contributed by atoms with E-state index < -0.39 is 63.2 Å². The molecule has 0 bridgehead atoms. The highest BCUT2D eigenvalue weighted by Gasteiger charge is 2.33. The van der Waals surface area contributed by atoms with Gasteiger partial charge in [-0.2, -0.15) is 8.42 Å². The lowest BCUT2D eigenvalue weighted by Crippen LogP contribution is -2.18. The van der Waals surface area contributed by atoms with Gasteiger partial charge in [-0.05, 0) is 0 Å². The Balaban J connectivity index is 2.81. The van der Waals surface area contributed by atoms with Gasteiger partial charge in [0.15, 0.2) is 28.2 Å². The van der Waals surface area contributed by atoms with E-state index in [0.29, 0.717) is 4.68 Å². The zero-order chi connectivity index (χ0) is 19.3. The largest absolute Gasteiger partial charge is 0.291 e. The van der Waals surface area contributed by atoms with E-state index in [0.717, 1.165) is 7.05 Å². The van der Waals surface area contributed by atoms with Crippen LogP contribution in [0.1, 0.15) is 0 Å². The number of benzene rings is 1. The molecule has 8 nitrogen and oxygen atoms in total. The van der Waals surface area contributed by atoms with Crippen LogP contribution in [-0.4, -0.2) is 26.6 Å². The predicted octanol–water partition coefficient (Wildman–Crippen LogP) is 0.114. The van der Waals surface area contributed by atoms with Crippen molar-refractivity contribution in [2.75, 3.05) is 0 Å². The maximum atomic E-state index is 13.6. The molecule has 138 valence electrons. The number of rotatable bonds is 3. The smallest absolute Gasteiger partial charge is 0.239 e. The molecule has 2 N–H and O–H groups in total. The number of aromatic nitrogens is 2. The SMILES string of the molecule is Cn1nc(S(N)(=O)=O)s/c1=N\S(=O)(=O)c1c(F)c(F)c(F)c(F)c1F. The van der Waals surface area contributed by atoms with Crippen LogP contribution >= 0.6 is 11.3 Å². The maximum Gasteiger partial charge on any atom is 0.291 e. The van der Waals surface area contributed by atoms with Gasteiger partial charge in [0.25, 0.3) is 20.0 Å². The molecule has 1 aromatic carbocycles. The van der Waals surface area contributed by atoms with E-state index in [1.165, 1.54) is 0 Å². The lowest BCUT2D eigenvalue weighted by molar-refractivity contribution is 0.357. The van der Waals surface area contributed by atoms with Crippen molar-refractivity contribution >= 4 is 31.4 Å². The molecule has 0 spiro atoms. The fourth-order valence-electron chi connectivity index (χ4n) is 1.48. The summed E-state index contributed by atoms with van der Waals surface area (Å²) in [4.78, 5) is -2.93. The Morgan fingerprint density at radius 1 is 0.960 bits per heavy atom. The summed E-state index contributed by atoms with van der Waals surface area (Å²) in [6, 6.07) is 0. The molecule has 25 heavy (non-hydrogen) atoms. The fraction of sp³-hybridized carbons (Fsp3) is 0.111. The van der Waals surface area contributed by atoms with Gasteiger partial charge in [0, 0.05) is 7.05 Å². The van der Waals surface area contributed by atoms with Crippen molar-refractivity contribution in [2.24, 2.45) is 16.6 Å². The molecule has 0 fully saturated rings. The first-order chi connectivity index (χ1) is 11.3. The minimum Gasteiger partial charge on any atom is -0.239 e. The second-order valence-electron chi connectivity index (χ2n) is 4.28. The van der Waals surface area contributed by atoms with E-state index >= 15 is 0 Å². The molecule has 1 heterocycles. The first-order valence-electron chi connectivity index (χ1n) is 5.66. The van der Waals surface area contributed by atoms with Crippen LogP contribution in [-0.2, 0) is 27.1 Å². The highest BCUT2D eigenvalue weighted by Crippen LogP contribution is 2.27. The van der Waals surface area contributed by atoms with Crippen LogP contribution in [0.2, 0.25) is 0 Å². The summed E-state index contributed by atoms with van der Waals surface area (Å²) in [5.74, 6) is -12.7. The molecular formula is C9H5F5N4O4S3. The number of sulfonamides is 2. The number of hydrogen-bond donors (Lipinski definition) is 1. The number of aryl methyl sites for hydroxylation is 1. The maximum absolute atomic E-state index is 13.6. The molecule has 1 aromatic heterocycles. The topological polar surface area (TPSA) is 124 Å². The van der Waals surface area contributed by atoms with Crippen molar-refractivity contribution in [1.29, 1.82) is 0 Å². The van der Waals surface area contributed by atoms with E-state index in [1.54, 1.807) is 0 Å². The summed E-state index contributed by atoms with van der Waals surface area (Å²) in [5, 5.41) is 8.10. The molecule has 0 aliphatic heterocycles. The van der Waals surface area contributed by atoms with E-state index in [1.807, 2.05) is 0 Å². The van der Waals surface area contributed by atoms with Gasteiger partial charge in [0.05, 0.1) is 0 Å². The lowest BCUT2D eigenvalue weighted by atomic mass is 10.3. The summed E-state index contributed by atoms with van der Waals surface area (Å²) in [6.45, 7) is 0. The van der Waals surface area contributed by atoms with Crippen molar-refractivity contribution in [3.8, 4) is 0 Å². The number of nitrogens with zero attached hydrogens (tertiary/aromatic N) is 3. The van der Waals surface area contributed by atoms with Crippen LogP contribution in [0.15, 0.2) is 13.6 Å². The van der Waals surface area contributed by atoms with Gasteiger partial charge in [-0.15, -0.1) is 9.50 Å². The van der Waals surface area contributed by atoms with Gasteiger partial charge in [-0.3, -0.25) is 0 Å². The molecular weight excluding hydrogens is 419 g/mol. The van der Waals surface area contributed by atoms with Crippen molar-refractivity contribution < 1.29 is 38.8 Å². The van der Waals surface area contributed by atoms with Crippen LogP contribution in [0.4, 0.5) is 22.0 Å². The Bertz CT molecular complexity index is 1120. The number of nitrogens with two attached hydrogens (primary N) is 1. The minimum atomic E-state index is -5.45. The summed E-state index contributed by atoms with van der Waals surface area (Å²) in [5.41, 5.74) is 0. The third-order valence-corrected chi connectivity index (χ3v) is 6.27. The monoisotopic (exact) mass is 424 g/mol. The Kier molecular flexibility index (Phi) is 4.75. The van der Waals surface area contributed by atoms with Gasteiger partial charge < -0.3 is 0 Å². The minimum absolute atomic E-state index is 0.0978. The molecule has 0 atom stereocenters. The third kappa shape index (κ3) is 3.42. The van der Waals surface area contributed by atoms with Gasteiger partial charge in [-0.25, -0.2) is 40.2 Å². The van der Waals surface area contributed by atoms with Gasteiger partial charge in [0.1, 0.15) is 0 Å². The summed E-state index contributed by atoms with van der Waals surface area (Å²) in [7, 11) is -8.78. The molecule has 0 saturated carbocycles. The van der Waals surface area contributed by atoms with Gasteiger partial charge in [-0.1, -0.05) is 11.3 Å². The standard InChI is InChI=1S/C9H5F5N4O4S3/c1-18-8(23-9(16-18)24(15,19)20)17-25(21,22)7-5(13)3(11)2(10)4(12)6(7)14/h1H3,(H2,15,19,20)/b17-8-. The Labute approximate surface area is 140 Å². The van der Waals surface area contributed by atoms with Gasteiger partial charge in [0.2, 0.25) is 15.0 Å². The summed E-state index contributed by atoms with van der Waals surface area (Å²) >= 11 is 0.0978. The van der Waals surface area contributed by atoms with Gasteiger partial charge >= 0.3 is 0 Å². The molecule has 0 unspecified atom stereocenters. The van der Waals surface area contributed by atoms with Crippen LogP contribution in [0, 0.1) is 29.1 Å². The van der Waals surface area contributed by atoms with Crippen LogP contribution in [0.5, 0.6) is 0 Å². The summed E-state index contributed by atoms with van der Waals surface area (Å²) < 4.78 is 115. The van der Waals surface area contributed by atoms with Crippen LogP contribution in [0.3, 0.4) is 0 Å². The average Bonchev–Trinajstić information content (AvgIpc) is 2.83. The highest BCUT2D eigenvalue weighted by atomic mass is 32.2. The molecule has 0 aliphatic carbocycles.